The maximum atomic E-state index is 13.7. The number of likely N-dealkylation sites (tertiary alicyclic amines) is 1. The van der Waals surface area contributed by atoms with Gasteiger partial charge in [0.15, 0.2) is 0 Å². The number of methoxy groups -OCH3 is 1. The molecule has 1 aromatic rings. The van der Waals surface area contributed by atoms with E-state index in [0.29, 0.717) is 38.6 Å². The Balaban J connectivity index is 1.86. The summed E-state index contributed by atoms with van der Waals surface area (Å²) in [6.45, 7) is 3.25. The average molecular weight is 354 g/mol. The second-order valence-electron chi connectivity index (χ2n) is 6.38. The van der Waals surface area contributed by atoms with Crippen LogP contribution in [0.1, 0.15) is 36.5 Å². The number of ether oxygens (including phenoxy) is 1. The molecule has 1 N–H and O–H groups in total. The first-order valence-electron chi connectivity index (χ1n) is 8.46. The molecule has 0 spiro atoms. The SMILES string of the molecule is COCCC(C)NC(=O)C1CCN(C(=O)c2ccc(F)cc2F)CC1. The Hall–Kier alpha value is -2.02. The Kier molecular flexibility index (Phi) is 6.87. The van der Waals surface area contributed by atoms with Crippen molar-refractivity contribution in [2.24, 2.45) is 5.92 Å². The summed E-state index contributed by atoms with van der Waals surface area (Å²) in [6, 6.07) is 2.95. The van der Waals surface area contributed by atoms with E-state index in [1.807, 2.05) is 6.92 Å². The molecule has 2 rings (SSSR count). The summed E-state index contributed by atoms with van der Waals surface area (Å²) in [5.41, 5.74) is -0.141. The highest BCUT2D eigenvalue weighted by molar-refractivity contribution is 5.94. The fraction of sp³-hybridized carbons (Fsp3) is 0.556. The molecule has 5 nitrogen and oxygen atoms in total. The number of rotatable bonds is 6. The molecule has 0 radical (unpaired) electrons. The highest BCUT2D eigenvalue weighted by Gasteiger charge is 2.29. The average Bonchev–Trinajstić information content (AvgIpc) is 2.59. The topological polar surface area (TPSA) is 58.6 Å². The van der Waals surface area contributed by atoms with Gasteiger partial charge in [-0.3, -0.25) is 9.59 Å². The van der Waals surface area contributed by atoms with Crippen molar-refractivity contribution in [1.82, 2.24) is 10.2 Å². The highest BCUT2D eigenvalue weighted by atomic mass is 19.1. The number of halogens is 2. The Bertz CT molecular complexity index is 616. The smallest absolute Gasteiger partial charge is 0.256 e. The van der Waals surface area contributed by atoms with Gasteiger partial charge in [0.1, 0.15) is 11.6 Å². The normalized spacial score (nSPS) is 16.6. The molecule has 138 valence electrons. The van der Waals surface area contributed by atoms with Gasteiger partial charge in [-0.2, -0.15) is 0 Å². The van der Waals surface area contributed by atoms with Gasteiger partial charge < -0.3 is 15.0 Å². The molecule has 1 unspecified atom stereocenters. The van der Waals surface area contributed by atoms with Crippen LogP contribution in [0.15, 0.2) is 18.2 Å². The maximum absolute atomic E-state index is 13.7. The summed E-state index contributed by atoms with van der Waals surface area (Å²) in [5.74, 6) is -2.23. The zero-order valence-electron chi connectivity index (χ0n) is 14.6. The van der Waals surface area contributed by atoms with Crippen molar-refractivity contribution >= 4 is 11.8 Å². The molecule has 1 aromatic carbocycles. The van der Waals surface area contributed by atoms with E-state index in [9.17, 15) is 18.4 Å². The zero-order valence-corrected chi connectivity index (χ0v) is 14.6. The number of piperidine rings is 1. The highest BCUT2D eigenvalue weighted by Crippen LogP contribution is 2.21. The summed E-state index contributed by atoms with van der Waals surface area (Å²) in [4.78, 5) is 26.1. The standard InChI is InChI=1S/C18H24F2N2O3/c1-12(7-10-25-2)21-17(23)13-5-8-22(9-6-13)18(24)15-4-3-14(19)11-16(15)20/h3-4,11-13H,5-10H2,1-2H3,(H,21,23). The fourth-order valence-electron chi connectivity index (χ4n) is 2.91. The summed E-state index contributed by atoms with van der Waals surface area (Å²) >= 11 is 0. The van der Waals surface area contributed by atoms with Gasteiger partial charge >= 0.3 is 0 Å². The van der Waals surface area contributed by atoms with Crippen molar-refractivity contribution in [3.63, 3.8) is 0 Å². The van der Waals surface area contributed by atoms with Crippen molar-refractivity contribution < 1.29 is 23.1 Å². The zero-order chi connectivity index (χ0) is 18.4. The van der Waals surface area contributed by atoms with Crippen LogP contribution in [-0.2, 0) is 9.53 Å². The Morgan fingerprint density at radius 3 is 2.60 bits per heavy atom. The van der Waals surface area contributed by atoms with Crippen molar-refractivity contribution in [2.45, 2.75) is 32.2 Å². The van der Waals surface area contributed by atoms with E-state index in [1.165, 1.54) is 4.90 Å². The van der Waals surface area contributed by atoms with E-state index in [2.05, 4.69) is 5.32 Å². The van der Waals surface area contributed by atoms with Crippen molar-refractivity contribution in [2.75, 3.05) is 26.8 Å². The molecule has 1 aliphatic heterocycles. The van der Waals surface area contributed by atoms with Crippen LogP contribution in [0.4, 0.5) is 8.78 Å². The van der Waals surface area contributed by atoms with Crippen LogP contribution in [0.2, 0.25) is 0 Å². The van der Waals surface area contributed by atoms with Crippen molar-refractivity contribution in [1.29, 1.82) is 0 Å². The van der Waals surface area contributed by atoms with Gasteiger partial charge in [0.05, 0.1) is 5.56 Å². The third-order valence-corrected chi connectivity index (χ3v) is 4.46. The number of carbonyl (C=O) groups excluding carboxylic acids is 2. The van der Waals surface area contributed by atoms with E-state index in [0.717, 1.165) is 18.6 Å². The summed E-state index contributed by atoms with van der Waals surface area (Å²) in [6.07, 6.45) is 1.79. The summed E-state index contributed by atoms with van der Waals surface area (Å²) in [7, 11) is 1.62. The van der Waals surface area contributed by atoms with E-state index < -0.39 is 17.5 Å². The number of nitrogens with one attached hydrogen (secondary N) is 1. The predicted molar refractivity (Wildman–Crippen MR) is 89.1 cm³/mol. The van der Waals surface area contributed by atoms with Gasteiger partial charge in [0, 0.05) is 44.8 Å². The lowest BCUT2D eigenvalue weighted by molar-refractivity contribution is -0.127. The first kappa shape index (κ1) is 19.3. The molecule has 0 bridgehead atoms. The molecule has 0 aromatic heterocycles. The van der Waals surface area contributed by atoms with Crippen LogP contribution < -0.4 is 5.32 Å². The summed E-state index contributed by atoms with van der Waals surface area (Å²) in [5, 5.41) is 2.95. The number of hydrogen-bond acceptors (Lipinski definition) is 3. The van der Waals surface area contributed by atoms with E-state index >= 15 is 0 Å². The molecular formula is C18H24F2N2O3. The van der Waals surface area contributed by atoms with Crippen LogP contribution in [-0.4, -0.2) is 49.6 Å². The second kappa shape index (κ2) is 8.89. The molecule has 7 heteroatoms. The molecule has 0 saturated carbocycles. The minimum absolute atomic E-state index is 0.0244. The van der Waals surface area contributed by atoms with Crippen LogP contribution in [0, 0.1) is 17.6 Å². The van der Waals surface area contributed by atoms with Gasteiger partial charge in [-0.1, -0.05) is 0 Å². The molecular weight excluding hydrogens is 330 g/mol. The molecule has 25 heavy (non-hydrogen) atoms. The summed E-state index contributed by atoms with van der Waals surface area (Å²) < 4.78 is 31.7. The number of carbonyl (C=O) groups is 2. The minimum atomic E-state index is -0.864. The molecule has 1 fully saturated rings. The largest absolute Gasteiger partial charge is 0.385 e. The van der Waals surface area contributed by atoms with E-state index in [1.54, 1.807) is 7.11 Å². The van der Waals surface area contributed by atoms with Gasteiger partial charge in [0.2, 0.25) is 5.91 Å². The molecule has 1 atom stereocenters. The molecule has 2 amide bonds. The number of hydrogen-bond donors (Lipinski definition) is 1. The predicted octanol–water partition coefficient (Wildman–Crippen LogP) is 2.36. The Morgan fingerprint density at radius 2 is 2.00 bits per heavy atom. The number of benzene rings is 1. The molecule has 1 saturated heterocycles. The van der Waals surface area contributed by atoms with Gasteiger partial charge in [-0.05, 0) is 38.3 Å². The monoisotopic (exact) mass is 354 g/mol. The number of nitrogens with zero attached hydrogens (tertiary/aromatic N) is 1. The van der Waals surface area contributed by atoms with Crippen LogP contribution >= 0.6 is 0 Å². The quantitative estimate of drug-likeness (QED) is 0.853. The van der Waals surface area contributed by atoms with Crippen LogP contribution in [0.5, 0.6) is 0 Å². The maximum Gasteiger partial charge on any atom is 0.256 e. The third kappa shape index (κ3) is 5.22. The first-order valence-corrected chi connectivity index (χ1v) is 8.46. The van der Waals surface area contributed by atoms with E-state index in [-0.39, 0.29) is 23.4 Å². The van der Waals surface area contributed by atoms with Crippen molar-refractivity contribution in [3.05, 3.63) is 35.4 Å². The Morgan fingerprint density at radius 1 is 1.32 bits per heavy atom. The van der Waals surface area contributed by atoms with Gasteiger partial charge in [-0.25, -0.2) is 8.78 Å². The Labute approximate surface area is 146 Å². The van der Waals surface area contributed by atoms with Crippen molar-refractivity contribution in [3.8, 4) is 0 Å². The van der Waals surface area contributed by atoms with Gasteiger partial charge in [0.25, 0.3) is 5.91 Å². The minimum Gasteiger partial charge on any atom is -0.385 e. The lowest BCUT2D eigenvalue weighted by Crippen LogP contribution is -2.45. The van der Waals surface area contributed by atoms with Crippen LogP contribution in [0.3, 0.4) is 0 Å². The van der Waals surface area contributed by atoms with E-state index in [4.69, 9.17) is 4.74 Å². The van der Waals surface area contributed by atoms with Gasteiger partial charge in [-0.15, -0.1) is 0 Å². The molecule has 0 aliphatic carbocycles. The first-order chi connectivity index (χ1) is 11.9. The van der Waals surface area contributed by atoms with Crippen LogP contribution in [0.25, 0.3) is 0 Å². The molecule has 1 aliphatic rings. The lowest BCUT2D eigenvalue weighted by Gasteiger charge is -2.32. The number of amides is 2. The second-order valence-corrected chi connectivity index (χ2v) is 6.38. The molecule has 1 heterocycles. The third-order valence-electron chi connectivity index (χ3n) is 4.46. The lowest BCUT2D eigenvalue weighted by atomic mass is 9.95. The fourth-order valence-corrected chi connectivity index (χ4v) is 2.91.